The minimum atomic E-state index is 0.486. The van der Waals surface area contributed by atoms with E-state index in [9.17, 15) is 0 Å². The molecule has 0 aliphatic heterocycles. The second-order valence-corrected chi connectivity index (χ2v) is 5.45. The van der Waals surface area contributed by atoms with Crippen LogP contribution in [-0.2, 0) is 6.54 Å². The summed E-state index contributed by atoms with van der Waals surface area (Å²) in [6.07, 6.45) is 1.64. The van der Waals surface area contributed by atoms with Gasteiger partial charge >= 0.3 is 0 Å². The monoisotopic (exact) mass is 325 g/mol. The van der Waals surface area contributed by atoms with E-state index in [1.807, 2.05) is 66.5 Å². The van der Waals surface area contributed by atoms with Crippen LogP contribution >= 0.6 is 11.6 Å². The minimum Gasteiger partial charge on any atom is -0.349 e. The number of para-hydroxylation sites is 1. The minimum absolute atomic E-state index is 0.486. The molecule has 3 aromatic rings. The van der Waals surface area contributed by atoms with Gasteiger partial charge in [0.2, 0.25) is 5.95 Å². The normalized spacial score (nSPS) is 10.3. The summed E-state index contributed by atoms with van der Waals surface area (Å²) < 4.78 is 0. The average Bonchev–Trinajstić information content (AvgIpc) is 2.61. The molecule has 5 nitrogen and oxygen atoms in total. The maximum Gasteiger partial charge on any atom is 0.244 e. The Morgan fingerprint density at radius 3 is 2.52 bits per heavy atom. The van der Waals surface area contributed by atoms with Gasteiger partial charge in [-0.2, -0.15) is 10.1 Å². The molecule has 1 heterocycles. The molecule has 116 valence electrons. The second-order valence-electron chi connectivity index (χ2n) is 5.01. The van der Waals surface area contributed by atoms with Crippen LogP contribution in [0.3, 0.4) is 0 Å². The molecular formula is C17H16ClN5. The van der Waals surface area contributed by atoms with Crippen LogP contribution in [0.5, 0.6) is 0 Å². The lowest BCUT2D eigenvalue weighted by Gasteiger charge is -2.18. The maximum absolute atomic E-state index is 5.88. The lowest BCUT2D eigenvalue weighted by atomic mass is 10.2. The predicted molar refractivity (Wildman–Crippen MR) is 93.1 cm³/mol. The Hall–Kier alpha value is -2.66. The molecule has 0 unspecified atom stereocenters. The van der Waals surface area contributed by atoms with Gasteiger partial charge in [0.15, 0.2) is 5.82 Å². The molecule has 0 radical (unpaired) electrons. The van der Waals surface area contributed by atoms with Crippen LogP contribution in [0.1, 0.15) is 5.56 Å². The van der Waals surface area contributed by atoms with Crippen molar-refractivity contribution in [1.29, 1.82) is 0 Å². The van der Waals surface area contributed by atoms with Gasteiger partial charge in [-0.1, -0.05) is 41.9 Å². The molecule has 0 spiro atoms. The Kier molecular flexibility index (Phi) is 4.68. The van der Waals surface area contributed by atoms with Gasteiger partial charge in [-0.25, -0.2) is 0 Å². The zero-order valence-electron chi connectivity index (χ0n) is 12.6. The lowest BCUT2D eigenvalue weighted by molar-refractivity contribution is 0.930. The van der Waals surface area contributed by atoms with Crippen molar-refractivity contribution in [3.63, 3.8) is 0 Å². The highest BCUT2D eigenvalue weighted by atomic mass is 35.5. The maximum atomic E-state index is 5.88. The van der Waals surface area contributed by atoms with E-state index in [0.29, 0.717) is 12.5 Å². The van der Waals surface area contributed by atoms with E-state index in [1.54, 1.807) is 6.20 Å². The molecule has 0 aliphatic carbocycles. The molecule has 0 fully saturated rings. The highest BCUT2D eigenvalue weighted by molar-refractivity contribution is 6.30. The number of aromatic nitrogens is 3. The summed E-state index contributed by atoms with van der Waals surface area (Å²) in [4.78, 5) is 6.46. The number of halogens is 1. The third kappa shape index (κ3) is 3.96. The first-order valence-corrected chi connectivity index (χ1v) is 7.57. The molecule has 1 aromatic heterocycles. The van der Waals surface area contributed by atoms with Crippen LogP contribution in [0.4, 0.5) is 17.5 Å². The first-order chi connectivity index (χ1) is 11.2. The van der Waals surface area contributed by atoms with Crippen LogP contribution in [0, 0.1) is 0 Å². The molecule has 0 saturated heterocycles. The standard InChI is InChI=1S/C17H16ClN5/c1-23(15-5-3-2-4-6-15)16-12-20-22-17(21-16)19-11-13-7-9-14(18)10-8-13/h2-10,12H,11H2,1H3,(H,19,21,22). The average molecular weight is 326 g/mol. The Bertz CT molecular complexity index is 761. The van der Waals surface area contributed by atoms with Gasteiger partial charge in [0.05, 0.1) is 6.20 Å². The van der Waals surface area contributed by atoms with Crippen LogP contribution in [0.25, 0.3) is 0 Å². The zero-order valence-corrected chi connectivity index (χ0v) is 13.4. The number of nitrogens with zero attached hydrogens (tertiary/aromatic N) is 4. The van der Waals surface area contributed by atoms with Gasteiger partial charge in [-0.3, -0.25) is 0 Å². The fourth-order valence-corrected chi connectivity index (χ4v) is 2.22. The van der Waals surface area contributed by atoms with Gasteiger partial charge in [0.25, 0.3) is 0 Å². The van der Waals surface area contributed by atoms with Crippen molar-refractivity contribution in [3.8, 4) is 0 Å². The van der Waals surface area contributed by atoms with Gasteiger partial charge in [-0.05, 0) is 29.8 Å². The summed E-state index contributed by atoms with van der Waals surface area (Å²) in [7, 11) is 1.95. The van der Waals surface area contributed by atoms with E-state index in [-0.39, 0.29) is 0 Å². The van der Waals surface area contributed by atoms with E-state index in [4.69, 9.17) is 11.6 Å². The number of nitrogens with one attached hydrogen (secondary N) is 1. The second kappa shape index (κ2) is 7.07. The smallest absolute Gasteiger partial charge is 0.244 e. The van der Waals surface area contributed by atoms with Crippen molar-refractivity contribution < 1.29 is 0 Å². The molecule has 3 rings (SSSR count). The van der Waals surface area contributed by atoms with Crippen LogP contribution < -0.4 is 10.2 Å². The van der Waals surface area contributed by atoms with E-state index < -0.39 is 0 Å². The molecule has 0 atom stereocenters. The zero-order chi connectivity index (χ0) is 16.1. The number of anilines is 3. The van der Waals surface area contributed by atoms with Crippen molar-refractivity contribution in [2.24, 2.45) is 0 Å². The van der Waals surface area contributed by atoms with Crippen molar-refractivity contribution in [2.45, 2.75) is 6.54 Å². The van der Waals surface area contributed by atoms with Crippen LogP contribution in [0.15, 0.2) is 60.8 Å². The summed E-state index contributed by atoms with van der Waals surface area (Å²) in [5, 5.41) is 11.9. The molecule has 6 heteroatoms. The van der Waals surface area contributed by atoms with Crippen LogP contribution in [0.2, 0.25) is 5.02 Å². The van der Waals surface area contributed by atoms with Gasteiger partial charge in [0, 0.05) is 24.3 Å². The summed E-state index contributed by atoms with van der Waals surface area (Å²) in [5.41, 5.74) is 2.14. The topological polar surface area (TPSA) is 53.9 Å². The number of rotatable bonds is 5. The van der Waals surface area contributed by atoms with Crippen molar-refractivity contribution in [1.82, 2.24) is 15.2 Å². The Morgan fingerprint density at radius 1 is 1.04 bits per heavy atom. The van der Waals surface area contributed by atoms with E-state index in [1.165, 1.54) is 0 Å². The van der Waals surface area contributed by atoms with Gasteiger partial charge in [-0.15, -0.1) is 5.10 Å². The molecular weight excluding hydrogens is 310 g/mol. The van der Waals surface area contributed by atoms with Crippen molar-refractivity contribution >= 4 is 29.1 Å². The molecule has 0 saturated carbocycles. The predicted octanol–water partition coefficient (Wildman–Crippen LogP) is 3.91. The first-order valence-electron chi connectivity index (χ1n) is 7.19. The summed E-state index contributed by atoms with van der Waals surface area (Å²) >= 11 is 5.88. The molecule has 0 aliphatic rings. The highest BCUT2D eigenvalue weighted by Crippen LogP contribution is 2.20. The van der Waals surface area contributed by atoms with E-state index in [2.05, 4.69) is 20.5 Å². The van der Waals surface area contributed by atoms with Crippen molar-refractivity contribution in [2.75, 3.05) is 17.3 Å². The Labute approximate surface area is 140 Å². The number of hydrogen-bond acceptors (Lipinski definition) is 5. The highest BCUT2D eigenvalue weighted by Gasteiger charge is 2.07. The molecule has 1 N–H and O–H groups in total. The Morgan fingerprint density at radius 2 is 1.78 bits per heavy atom. The van der Waals surface area contributed by atoms with Gasteiger partial charge in [0.1, 0.15) is 0 Å². The molecule has 0 amide bonds. The van der Waals surface area contributed by atoms with E-state index >= 15 is 0 Å². The Balaban J connectivity index is 1.71. The third-order valence-corrected chi connectivity index (χ3v) is 3.65. The van der Waals surface area contributed by atoms with E-state index in [0.717, 1.165) is 22.1 Å². The summed E-state index contributed by atoms with van der Waals surface area (Å²) in [6.45, 7) is 0.608. The molecule has 2 aromatic carbocycles. The largest absolute Gasteiger partial charge is 0.349 e. The number of benzene rings is 2. The summed E-state index contributed by atoms with van der Waals surface area (Å²) in [6, 6.07) is 17.6. The SMILES string of the molecule is CN(c1ccccc1)c1cnnc(NCc2ccc(Cl)cc2)n1. The first kappa shape index (κ1) is 15.2. The fourth-order valence-electron chi connectivity index (χ4n) is 2.10. The quantitative estimate of drug-likeness (QED) is 0.771. The lowest BCUT2D eigenvalue weighted by Crippen LogP contribution is -2.13. The third-order valence-electron chi connectivity index (χ3n) is 3.40. The number of hydrogen-bond donors (Lipinski definition) is 1. The molecule has 0 bridgehead atoms. The van der Waals surface area contributed by atoms with Gasteiger partial charge < -0.3 is 10.2 Å². The molecule has 23 heavy (non-hydrogen) atoms. The fraction of sp³-hybridized carbons (Fsp3) is 0.118. The summed E-state index contributed by atoms with van der Waals surface area (Å²) in [5.74, 6) is 1.21. The van der Waals surface area contributed by atoms with Crippen molar-refractivity contribution in [3.05, 3.63) is 71.4 Å². The van der Waals surface area contributed by atoms with Crippen LogP contribution in [-0.4, -0.2) is 22.2 Å².